The zero-order valence-corrected chi connectivity index (χ0v) is 13.3. The lowest BCUT2D eigenvalue weighted by molar-refractivity contribution is 0.0697. The summed E-state index contributed by atoms with van der Waals surface area (Å²) in [5.74, 6) is -1.28. The highest BCUT2D eigenvalue weighted by atomic mass is 35.5. The Morgan fingerprint density at radius 2 is 2.10 bits per heavy atom. The number of hydrogen-bond donors (Lipinski definition) is 2. The van der Waals surface area contributed by atoms with Gasteiger partial charge in [0.1, 0.15) is 0 Å². The molecule has 0 amide bonds. The molecular formula is C13H12ClNO4S2. The van der Waals surface area contributed by atoms with Gasteiger partial charge in [-0.3, -0.25) is 0 Å². The molecule has 5 nitrogen and oxygen atoms in total. The van der Waals surface area contributed by atoms with Crippen molar-refractivity contribution in [1.82, 2.24) is 4.72 Å². The van der Waals surface area contributed by atoms with Crippen molar-refractivity contribution < 1.29 is 18.3 Å². The van der Waals surface area contributed by atoms with Crippen molar-refractivity contribution in [2.45, 2.75) is 17.9 Å². The van der Waals surface area contributed by atoms with Crippen LogP contribution in [0.5, 0.6) is 0 Å². The van der Waals surface area contributed by atoms with E-state index in [0.717, 1.165) is 11.6 Å². The molecule has 1 aromatic carbocycles. The van der Waals surface area contributed by atoms with Gasteiger partial charge in [-0.05, 0) is 47.5 Å². The van der Waals surface area contributed by atoms with Crippen LogP contribution in [0, 0.1) is 0 Å². The summed E-state index contributed by atoms with van der Waals surface area (Å²) in [5, 5.41) is 12.7. The third-order valence-electron chi connectivity index (χ3n) is 2.85. The molecule has 1 unspecified atom stereocenters. The number of halogens is 1. The van der Waals surface area contributed by atoms with E-state index in [1.807, 2.05) is 16.8 Å². The molecule has 0 radical (unpaired) electrons. The number of hydrogen-bond acceptors (Lipinski definition) is 4. The molecule has 2 N–H and O–H groups in total. The van der Waals surface area contributed by atoms with Gasteiger partial charge >= 0.3 is 5.97 Å². The van der Waals surface area contributed by atoms with E-state index in [4.69, 9.17) is 16.7 Å². The smallest absolute Gasteiger partial charge is 0.337 e. The molecule has 0 bridgehead atoms. The Labute approximate surface area is 131 Å². The summed E-state index contributed by atoms with van der Waals surface area (Å²) in [6, 6.07) is 4.99. The third-order valence-corrected chi connectivity index (χ3v) is 5.42. The van der Waals surface area contributed by atoms with Gasteiger partial charge in [-0.25, -0.2) is 17.9 Å². The predicted molar refractivity (Wildman–Crippen MR) is 81.5 cm³/mol. The van der Waals surface area contributed by atoms with Crippen LogP contribution in [0.1, 0.15) is 28.9 Å². The fourth-order valence-electron chi connectivity index (χ4n) is 1.73. The van der Waals surface area contributed by atoms with E-state index >= 15 is 0 Å². The number of carboxylic acid groups (broad SMARTS) is 1. The fraction of sp³-hybridized carbons (Fsp3) is 0.154. The van der Waals surface area contributed by atoms with Crippen LogP contribution in [-0.2, 0) is 10.0 Å². The van der Waals surface area contributed by atoms with Crippen molar-refractivity contribution in [2.24, 2.45) is 0 Å². The number of aromatic carboxylic acids is 1. The lowest BCUT2D eigenvalue weighted by atomic mass is 10.2. The normalized spacial score (nSPS) is 13.0. The van der Waals surface area contributed by atoms with E-state index in [0.29, 0.717) is 0 Å². The first kappa shape index (κ1) is 16.0. The fourth-order valence-corrected chi connectivity index (χ4v) is 3.94. The summed E-state index contributed by atoms with van der Waals surface area (Å²) in [7, 11) is -3.83. The Balaban J connectivity index is 2.32. The molecule has 0 saturated heterocycles. The van der Waals surface area contributed by atoms with E-state index in [2.05, 4.69) is 4.72 Å². The number of nitrogens with one attached hydrogen (secondary N) is 1. The van der Waals surface area contributed by atoms with Crippen LogP contribution in [0.2, 0.25) is 5.02 Å². The second kappa shape index (κ2) is 6.15. The highest BCUT2D eigenvalue weighted by Gasteiger charge is 2.21. The van der Waals surface area contributed by atoms with Gasteiger partial charge in [-0.15, -0.1) is 0 Å². The minimum absolute atomic E-state index is 0.00710. The van der Waals surface area contributed by atoms with E-state index in [1.165, 1.54) is 23.5 Å². The quantitative estimate of drug-likeness (QED) is 0.872. The molecule has 0 aliphatic heterocycles. The largest absolute Gasteiger partial charge is 0.478 e. The van der Waals surface area contributed by atoms with Gasteiger partial charge in [0.05, 0.1) is 15.5 Å². The molecule has 1 atom stereocenters. The maximum atomic E-state index is 12.3. The second-order valence-corrected chi connectivity index (χ2v) is 7.25. The summed E-state index contributed by atoms with van der Waals surface area (Å²) in [4.78, 5) is 10.9. The Kier molecular flexibility index (Phi) is 4.67. The zero-order valence-electron chi connectivity index (χ0n) is 10.9. The molecule has 0 aliphatic rings. The summed E-state index contributed by atoms with van der Waals surface area (Å²) < 4.78 is 27.1. The van der Waals surface area contributed by atoms with Crippen molar-refractivity contribution in [1.29, 1.82) is 0 Å². The van der Waals surface area contributed by atoms with Crippen molar-refractivity contribution in [2.75, 3.05) is 0 Å². The number of sulfonamides is 1. The molecular weight excluding hydrogens is 334 g/mol. The molecule has 1 aromatic heterocycles. The standard InChI is InChI=1S/C13H12ClNO4S2/c1-8(9-4-5-20-7-9)15-21(18,19)10-2-3-12(14)11(6-10)13(16)17/h2-8,15H,1H3,(H,16,17). The zero-order chi connectivity index (χ0) is 15.6. The molecule has 0 aliphatic carbocycles. The average molecular weight is 346 g/mol. The Morgan fingerprint density at radius 3 is 2.67 bits per heavy atom. The first-order valence-electron chi connectivity index (χ1n) is 5.88. The van der Waals surface area contributed by atoms with Gasteiger partial charge in [0.2, 0.25) is 10.0 Å². The topological polar surface area (TPSA) is 83.5 Å². The Bertz CT molecular complexity index is 756. The highest BCUT2D eigenvalue weighted by Crippen LogP contribution is 2.23. The van der Waals surface area contributed by atoms with Crippen molar-refractivity contribution in [3.05, 3.63) is 51.2 Å². The van der Waals surface area contributed by atoms with Crippen LogP contribution in [-0.4, -0.2) is 19.5 Å². The molecule has 2 aromatic rings. The predicted octanol–water partition coefficient (Wildman–Crippen LogP) is 3.14. The minimum atomic E-state index is -3.83. The van der Waals surface area contributed by atoms with Crippen LogP contribution in [0.15, 0.2) is 39.9 Å². The molecule has 2 rings (SSSR count). The first-order valence-corrected chi connectivity index (χ1v) is 8.69. The Hall–Kier alpha value is -1.41. The van der Waals surface area contributed by atoms with Gasteiger partial charge in [-0.2, -0.15) is 11.3 Å². The number of benzene rings is 1. The van der Waals surface area contributed by atoms with Crippen LogP contribution < -0.4 is 4.72 Å². The number of carboxylic acids is 1. The molecule has 112 valence electrons. The van der Waals surface area contributed by atoms with E-state index < -0.39 is 22.0 Å². The summed E-state index contributed by atoms with van der Waals surface area (Å²) in [6.07, 6.45) is 0. The van der Waals surface area contributed by atoms with Gasteiger partial charge < -0.3 is 5.11 Å². The molecule has 1 heterocycles. The molecule has 0 saturated carbocycles. The average Bonchev–Trinajstić information content (AvgIpc) is 2.92. The van der Waals surface area contributed by atoms with Gasteiger partial charge in [0, 0.05) is 6.04 Å². The van der Waals surface area contributed by atoms with Crippen LogP contribution >= 0.6 is 22.9 Å². The number of rotatable bonds is 5. The van der Waals surface area contributed by atoms with Crippen LogP contribution in [0.25, 0.3) is 0 Å². The SMILES string of the molecule is CC(NS(=O)(=O)c1ccc(Cl)c(C(=O)O)c1)c1ccsc1. The maximum absolute atomic E-state index is 12.3. The number of thiophene rings is 1. The van der Waals surface area contributed by atoms with Gasteiger partial charge in [0.15, 0.2) is 0 Å². The lowest BCUT2D eigenvalue weighted by Gasteiger charge is -2.13. The lowest BCUT2D eigenvalue weighted by Crippen LogP contribution is -2.26. The summed E-state index contributed by atoms with van der Waals surface area (Å²) in [6.45, 7) is 1.72. The van der Waals surface area contributed by atoms with E-state index in [-0.39, 0.29) is 15.5 Å². The Morgan fingerprint density at radius 1 is 1.38 bits per heavy atom. The van der Waals surface area contributed by atoms with Crippen molar-refractivity contribution in [3.63, 3.8) is 0 Å². The molecule has 0 fully saturated rings. The van der Waals surface area contributed by atoms with E-state index in [9.17, 15) is 13.2 Å². The van der Waals surface area contributed by atoms with E-state index in [1.54, 1.807) is 6.92 Å². The van der Waals surface area contributed by atoms with Crippen molar-refractivity contribution in [3.8, 4) is 0 Å². The highest BCUT2D eigenvalue weighted by molar-refractivity contribution is 7.89. The first-order chi connectivity index (χ1) is 9.81. The van der Waals surface area contributed by atoms with Gasteiger partial charge in [0.25, 0.3) is 0 Å². The molecule has 8 heteroatoms. The third kappa shape index (κ3) is 3.62. The van der Waals surface area contributed by atoms with Crippen LogP contribution in [0.4, 0.5) is 0 Å². The maximum Gasteiger partial charge on any atom is 0.337 e. The monoisotopic (exact) mass is 345 g/mol. The summed E-state index contributed by atoms with van der Waals surface area (Å²) >= 11 is 7.20. The number of carbonyl (C=O) groups is 1. The summed E-state index contributed by atoms with van der Waals surface area (Å²) in [5.41, 5.74) is 0.596. The van der Waals surface area contributed by atoms with Crippen molar-refractivity contribution >= 4 is 38.9 Å². The molecule has 21 heavy (non-hydrogen) atoms. The minimum Gasteiger partial charge on any atom is -0.478 e. The van der Waals surface area contributed by atoms with Crippen LogP contribution in [0.3, 0.4) is 0 Å². The van der Waals surface area contributed by atoms with Gasteiger partial charge in [-0.1, -0.05) is 11.6 Å². The second-order valence-electron chi connectivity index (χ2n) is 4.35. The molecule has 0 spiro atoms.